The second kappa shape index (κ2) is 6.75. The maximum atomic E-state index is 10.8. The fourth-order valence-corrected chi connectivity index (χ4v) is 3.57. The van der Waals surface area contributed by atoms with Crippen LogP contribution in [0.4, 0.5) is 5.69 Å². The summed E-state index contributed by atoms with van der Waals surface area (Å²) in [7, 11) is 0. The van der Waals surface area contributed by atoms with Gasteiger partial charge in [-0.2, -0.15) is 0 Å². The number of likely N-dealkylation sites (tertiary alicyclic amines) is 1. The maximum Gasteiger partial charge on any atom is 0.269 e. The van der Waals surface area contributed by atoms with Crippen LogP contribution in [-0.2, 0) is 6.54 Å². The zero-order chi connectivity index (χ0) is 17.2. The standard InChI is InChI=1S/C19H26N3O2/c1-19(2)14-18(20-11-4-3-5-12-20)10-13-21(19)15-16-6-8-17(9-7-16)22(23)24/h6-10,13H,3-5,11-12,14-15H2,1-2H3/q+1. The highest BCUT2D eigenvalue weighted by molar-refractivity contribution is 5.68. The first-order chi connectivity index (χ1) is 11.5. The van der Waals surface area contributed by atoms with E-state index in [-0.39, 0.29) is 16.1 Å². The summed E-state index contributed by atoms with van der Waals surface area (Å²) in [5, 5.41) is 10.8. The fourth-order valence-electron chi connectivity index (χ4n) is 3.57. The maximum absolute atomic E-state index is 10.8. The Bertz CT molecular complexity index is 668. The molecule has 1 saturated heterocycles. The van der Waals surface area contributed by atoms with E-state index in [4.69, 9.17) is 0 Å². The number of nitro groups is 1. The first-order valence-electron chi connectivity index (χ1n) is 8.75. The minimum absolute atomic E-state index is 0.0449. The largest absolute Gasteiger partial charge is 0.374 e. The van der Waals surface area contributed by atoms with Gasteiger partial charge in [0.15, 0.2) is 18.3 Å². The molecule has 0 aromatic heterocycles. The zero-order valence-electron chi connectivity index (χ0n) is 14.6. The summed E-state index contributed by atoms with van der Waals surface area (Å²) in [6.45, 7) is 7.67. The van der Waals surface area contributed by atoms with Crippen molar-refractivity contribution in [1.82, 2.24) is 4.90 Å². The number of hydrogen-bond donors (Lipinski definition) is 0. The third kappa shape index (κ3) is 3.66. The third-order valence-electron chi connectivity index (χ3n) is 5.10. The normalized spacial score (nSPS) is 20.3. The molecule has 2 aliphatic rings. The second-order valence-corrected chi connectivity index (χ2v) is 7.40. The summed E-state index contributed by atoms with van der Waals surface area (Å²) >= 11 is 0. The van der Waals surface area contributed by atoms with Gasteiger partial charge in [0.1, 0.15) is 0 Å². The summed E-state index contributed by atoms with van der Waals surface area (Å²) in [6.07, 6.45) is 9.42. The van der Waals surface area contributed by atoms with Gasteiger partial charge in [-0.05, 0) is 31.4 Å². The molecule has 0 N–H and O–H groups in total. The van der Waals surface area contributed by atoms with E-state index in [1.165, 1.54) is 38.0 Å². The van der Waals surface area contributed by atoms with Crippen LogP contribution in [0.15, 0.2) is 36.0 Å². The minimum Gasteiger partial charge on any atom is -0.374 e. The Labute approximate surface area is 143 Å². The van der Waals surface area contributed by atoms with Crippen molar-refractivity contribution in [3.8, 4) is 0 Å². The summed E-state index contributed by atoms with van der Waals surface area (Å²) in [5.74, 6) is 0. The van der Waals surface area contributed by atoms with Gasteiger partial charge in [0.05, 0.1) is 11.3 Å². The molecule has 0 radical (unpaired) electrons. The van der Waals surface area contributed by atoms with Crippen LogP contribution < -0.4 is 0 Å². The molecule has 2 aliphatic heterocycles. The van der Waals surface area contributed by atoms with Crippen molar-refractivity contribution in [1.29, 1.82) is 0 Å². The van der Waals surface area contributed by atoms with Crippen LogP contribution in [0.5, 0.6) is 0 Å². The van der Waals surface area contributed by atoms with E-state index in [9.17, 15) is 10.1 Å². The number of benzene rings is 1. The molecule has 5 heteroatoms. The van der Waals surface area contributed by atoms with Crippen molar-refractivity contribution in [2.75, 3.05) is 13.1 Å². The lowest BCUT2D eigenvalue weighted by Gasteiger charge is -2.36. The Morgan fingerprint density at radius 2 is 1.83 bits per heavy atom. The molecule has 2 heterocycles. The lowest BCUT2D eigenvalue weighted by Crippen LogP contribution is -2.43. The molecule has 3 rings (SSSR count). The van der Waals surface area contributed by atoms with Gasteiger partial charge in [-0.15, -0.1) is 0 Å². The molecular formula is C19H26N3O2+. The van der Waals surface area contributed by atoms with Crippen LogP contribution in [0.3, 0.4) is 0 Å². The highest BCUT2D eigenvalue weighted by atomic mass is 16.6. The lowest BCUT2D eigenvalue weighted by molar-refractivity contribution is -0.612. The van der Waals surface area contributed by atoms with Gasteiger partial charge in [0, 0.05) is 56.4 Å². The molecule has 0 atom stereocenters. The molecule has 1 fully saturated rings. The van der Waals surface area contributed by atoms with Gasteiger partial charge in [0.25, 0.3) is 5.69 Å². The number of allylic oxidation sites excluding steroid dienone is 1. The van der Waals surface area contributed by atoms with Gasteiger partial charge in [0.2, 0.25) is 0 Å². The number of rotatable bonds is 4. The van der Waals surface area contributed by atoms with Crippen LogP contribution in [0.2, 0.25) is 0 Å². The Morgan fingerprint density at radius 3 is 2.42 bits per heavy atom. The van der Waals surface area contributed by atoms with Crippen molar-refractivity contribution in [2.24, 2.45) is 0 Å². The molecule has 5 nitrogen and oxygen atoms in total. The van der Waals surface area contributed by atoms with Gasteiger partial charge in [-0.3, -0.25) is 10.1 Å². The van der Waals surface area contributed by atoms with E-state index >= 15 is 0 Å². The van der Waals surface area contributed by atoms with Gasteiger partial charge >= 0.3 is 0 Å². The second-order valence-electron chi connectivity index (χ2n) is 7.40. The molecule has 0 unspecified atom stereocenters. The summed E-state index contributed by atoms with van der Waals surface area (Å²) in [4.78, 5) is 12.9. The van der Waals surface area contributed by atoms with E-state index in [0.29, 0.717) is 0 Å². The number of hydrogen-bond acceptors (Lipinski definition) is 3. The highest BCUT2D eigenvalue weighted by Gasteiger charge is 2.35. The average Bonchev–Trinajstić information content (AvgIpc) is 2.57. The Hall–Kier alpha value is -2.17. The van der Waals surface area contributed by atoms with E-state index in [1.54, 1.807) is 12.1 Å². The molecule has 0 saturated carbocycles. The molecule has 1 aromatic carbocycles. The highest BCUT2D eigenvalue weighted by Crippen LogP contribution is 2.28. The van der Waals surface area contributed by atoms with Gasteiger partial charge in [-0.1, -0.05) is 0 Å². The van der Waals surface area contributed by atoms with Crippen LogP contribution in [0.1, 0.15) is 45.1 Å². The topological polar surface area (TPSA) is 49.4 Å². The molecular weight excluding hydrogens is 302 g/mol. The predicted molar refractivity (Wildman–Crippen MR) is 95.3 cm³/mol. The number of non-ortho nitro benzene ring substituents is 1. The van der Waals surface area contributed by atoms with Gasteiger partial charge in [-0.25, -0.2) is 4.58 Å². The molecule has 0 aliphatic carbocycles. The van der Waals surface area contributed by atoms with Crippen molar-refractivity contribution in [3.05, 3.63) is 51.7 Å². The van der Waals surface area contributed by atoms with Crippen molar-refractivity contribution in [2.45, 2.75) is 51.6 Å². The first kappa shape index (κ1) is 16.7. The number of nitrogens with zero attached hydrogens (tertiary/aromatic N) is 3. The first-order valence-corrected chi connectivity index (χ1v) is 8.75. The Kier molecular flexibility index (Phi) is 4.69. The molecule has 128 valence electrons. The van der Waals surface area contributed by atoms with E-state index < -0.39 is 0 Å². The fraction of sp³-hybridized carbons (Fsp3) is 0.526. The predicted octanol–water partition coefficient (Wildman–Crippen LogP) is 3.73. The SMILES string of the molecule is CC1(C)CC(N2CCCCC2)=CC=[N+]1Cc1ccc([N+](=O)[O-])cc1. The van der Waals surface area contributed by atoms with Crippen molar-refractivity contribution < 1.29 is 9.50 Å². The van der Waals surface area contributed by atoms with Crippen LogP contribution in [0, 0.1) is 10.1 Å². The van der Waals surface area contributed by atoms with Crippen LogP contribution >= 0.6 is 0 Å². The Balaban J connectivity index is 1.75. The molecule has 1 aromatic rings. The van der Waals surface area contributed by atoms with Crippen LogP contribution in [-0.4, -0.2) is 39.2 Å². The zero-order valence-corrected chi connectivity index (χ0v) is 14.6. The molecule has 24 heavy (non-hydrogen) atoms. The lowest BCUT2D eigenvalue weighted by atomic mass is 9.92. The molecule has 0 amide bonds. The molecule has 0 spiro atoms. The minimum atomic E-state index is -0.353. The molecule has 0 bridgehead atoms. The summed E-state index contributed by atoms with van der Waals surface area (Å²) < 4.78 is 2.33. The third-order valence-corrected chi connectivity index (χ3v) is 5.10. The smallest absolute Gasteiger partial charge is 0.269 e. The van der Waals surface area contributed by atoms with E-state index in [1.807, 2.05) is 12.1 Å². The van der Waals surface area contributed by atoms with Crippen LogP contribution in [0.25, 0.3) is 0 Å². The van der Waals surface area contributed by atoms with Gasteiger partial charge < -0.3 is 4.90 Å². The number of nitro benzene ring substituents is 1. The van der Waals surface area contributed by atoms with E-state index in [0.717, 1.165) is 18.5 Å². The van der Waals surface area contributed by atoms with Crippen molar-refractivity contribution >= 4 is 11.9 Å². The van der Waals surface area contributed by atoms with E-state index in [2.05, 4.69) is 35.6 Å². The quantitative estimate of drug-likeness (QED) is 0.481. The summed E-state index contributed by atoms with van der Waals surface area (Å²) in [6, 6.07) is 6.88. The van der Waals surface area contributed by atoms with Crippen molar-refractivity contribution in [3.63, 3.8) is 0 Å². The summed E-state index contributed by atoms with van der Waals surface area (Å²) in [5.41, 5.74) is 2.73. The average molecular weight is 328 g/mol. The Morgan fingerprint density at radius 1 is 1.17 bits per heavy atom. The number of piperidine rings is 1. The monoisotopic (exact) mass is 328 g/mol.